The maximum atomic E-state index is 6.93. The summed E-state index contributed by atoms with van der Waals surface area (Å²) >= 11 is 0. The van der Waals surface area contributed by atoms with E-state index in [0.717, 1.165) is 77.0 Å². The second kappa shape index (κ2) is 49.6. The van der Waals surface area contributed by atoms with Crippen LogP contribution in [0.25, 0.3) is 0 Å². The van der Waals surface area contributed by atoms with Crippen molar-refractivity contribution in [3.8, 4) is 0 Å². The molecule has 672 valence electrons. The van der Waals surface area contributed by atoms with Gasteiger partial charge in [-0.3, -0.25) is 0 Å². The number of hydrogen-bond acceptors (Lipinski definition) is 35. The molecular formula is C75H142O15S20Si5. The highest BCUT2D eigenvalue weighted by atomic mass is 33.7. The van der Waals surface area contributed by atoms with Crippen LogP contribution in [0.5, 0.6) is 0 Å². The van der Waals surface area contributed by atoms with Crippen molar-refractivity contribution in [2.45, 2.75) is 337 Å². The van der Waals surface area contributed by atoms with E-state index in [4.69, 9.17) is 66.4 Å². The summed E-state index contributed by atoms with van der Waals surface area (Å²) in [7, 11) is 26.8. The van der Waals surface area contributed by atoms with Gasteiger partial charge in [-0.15, -0.1) is 0 Å². The van der Waals surface area contributed by atoms with Crippen molar-refractivity contribution in [2.24, 2.45) is 35.5 Å². The molecule has 0 aliphatic heterocycles. The van der Waals surface area contributed by atoms with E-state index in [1.807, 2.05) is 29.5 Å². The third kappa shape index (κ3) is 24.1. The van der Waals surface area contributed by atoms with Gasteiger partial charge < -0.3 is 66.4 Å². The molecule has 0 amide bonds. The zero-order chi connectivity index (χ0) is 82.5. The highest BCUT2D eigenvalue weighted by molar-refractivity contribution is 9.33. The molecule has 10 fully saturated rings. The molecular weight excluding hydrogens is 1920 g/mol. The Morgan fingerprint density at radius 2 is 0.496 bits per heavy atom. The van der Waals surface area contributed by atoms with Gasteiger partial charge in [-0.25, -0.2) is 0 Å². The minimum Gasteiger partial charge on any atom is -0.374 e. The second-order valence-corrected chi connectivity index (χ2v) is 79.0. The van der Waals surface area contributed by atoms with E-state index in [1.165, 1.54) is 70.6 Å². The van der Waals surface area contributed by atoms with Gasteiger partial charge in [0, 0.05) is 156 Å². The van der Waals surface area contributed by atoms with Gasteiger partial charge in [0.25, 0.3) is 0 Å². The molecule has 40 heteroatoms. The molecule has 18 atom stereocenters. The number of hydrogen-bond donors (Lipinski definition) is 0. The molecule has 10 rings (SSSR count). The van der Waals surface area contributed by atoms with Gasteiger partial charge >= 0.3 is 44.0 Å². The summed E-state index contributed by atoms with van der Waals surface area (Å²) < 4.78 is 103. The lowest BCUT2D eigenvalue weighted by molar-refractivity contribution is 0.0553. The Balaban J connectivity index is 1.09. The minimum absolute atomic E-state index is 0.00716. The van der Waals surface area contributed by atoms with Crippen LogP contribution in [-0.2, 0) is 66.4 Å². The van der Waals surface area contributed by atoms with Crippen LogP contribution in [0.3, 0.4) is 0 Å². The van der Waals surface area contributed by atoms with Crippen molar-refractivity contribution in [3.63, 3.8) is 0 Å². The van der Waals surface area contributed by atoms with Crippen LogP contribution in [0.15, 0.2) is 0 Å². The SMILES string of the molecule is CCO[Si](OCC)(OCC)C1CC2CCC1(SSSSC(CCC(C)CC)C(C)(SSSSC13CCC(CC1[Si](OCC)(OCC)OCC)C3)C(SSSSC13CCC(CC1[Si](OCC)(OCC)OCC)C3)(SSSSC13CCC(CC1[Si](OCC)(OCC)OCC)C3)SSSSC13CCC(CC1[Si](OCC)(OCC)OCC)C3)C2. The first-order valence-corrected chi connectivity index (χ1v) is 76.9. The Morgan fingerprint density at radius 1 is 0.287 bits per heavy atom. The molecule has 0 aromatic heterocycles. The molecule has 0 heterocycles. The maximum absolute atomic E-state index is 6.93. The number of rotatable bonds is 66. The Morgan fingerprint density at radius 3 is 0.696 bits per heavy atom. The van der Waals surface area contributed by atoms with Gasteiger partial charge in [0.2, 0.25) is 0 Å². The Kier molecular flexibility index (Phi) is 45.1. The molecule has 0 radical (unpaired) electrons. The molecule has 18 unspecified atom stereocenters. The predicted molar refractivity (Wildman–Crippen MR) is 541 cm³/mol. The van der Waals surface area contributed by atoms with E-state index in [9.17, 15) is 0 Å². The van der Waals surface area contributed by atoms with Crippen LogP contribution in [0.1, 0.15) is 272 Å². The molecule has 0 aromatic carbocycles. The monoisotopic (exact) mass is 2060 g/mol. The summed E-state index contributed by atoms with van der Waals surface area (Å²) in [5.41, 5.74) is 1.21. The van der Waals surface area contributed by atoms with Crippen LogP contribution < -0.4 is 0 Å². The van der Waals surface area contributed by atoms with Gasteiger partial charge in [0.05, 0.1) is 4.75 Å². The fourth-order valence-corrected chi connectivity index (χ4v) is 93.5. The first-order valence-electron chi connectivity index (χ1n) is 43.7. The van der Waals surface area contributed by atoms with Gasteiger partial charge in [-0.05, 0) is 418 Å². The normalized spacial score (nSPS) is 32.6. The van der Waals surface area contributed by atoms with E-state index in [1.54, 1.807) is 0 Å². The predicted octanol–water partition coefficient (Wildman–Crippen LogP) is 29.8. The van der Waals surface area contributed by atoms with Crippen molar-refractivity contribution >= 4 is 250 Å². The van der Waals surface area contributed by atoms with Crippen LogP contribution in [-0.4, -0.2) is 180 Å². The maximum Gasteiger partial charge on any atom is 0.505 e. The van der Waals surface area contributed by atoms with E-state index in [2.05, 4.69) is 301 Å². The number of fused-ring (bicyclic) bond motifs is 10. The van der Waals surface area contributed by atoms with Gasteiger partial charge in [0.15, 0.2) is 3.41 Å². The highest BCUT2D eigenvalue weighted by Crippen LogP contribution is 2.82. The molecule has 115 heavy (non-hydrogen) atoms. The summed E-state index contributed by atoms with van der Waals surface area (Å²) in [4.78, 5) is 0. The molecule has 10 bridgehead atoms. The van der Waals surface area contributed by atoms with Crippen molar-refractivity contribution < 1.29 is 66.4 Å². The third-order valence-corrected chi connectivity index (χ3v) is 87.5. The fraction of sp³-hybridized carbons (Fsp3) is 1.00. The van der Waals surface area contributed by atoms with Crippen molar-refractivity contribution in [1.29, 1.82) is 0 Å². The summed E-state index contributed by atoms with van der Waals surface area (Å²) in [6.45, 7) is 48.5. The lowest BCUT2D eigenvalue weighted by Crippen LogP contribution is -2.55. The van der Waals surface area contributed by atoms with Crippen LogP contribution in [0, 0.1) is 35.5 Å². The molecule has 10 aliphatic carbocycles. The zero-order valence-electron chi connectivity index (χ0n) is 72.1. The average Bonchev–Trinajstić information content (AvgIpc) is 1.64. The van der Waals surface area contributed by atoms with Gasteiger partial charge in [0.1, 0.15) is 0 Å². The third-order valence-electron chi connectivity index (χ3n) is 26.2. The van der Waals surface area contributed by atoms with Crippen LogP contribution >= 0.6 is 206 Å². The standard InChI is InChI=1S/C75H142O15S20Si5/c1-19-57(17)35-36-63(91-101-103-93-70-42-37-58(52-70)47-64(70)111(76-20-2,77-21-3)78-22-4)69(18,92-102-104-94-71-43-38-59(53-71)48-65(71)112(79-23-5,80-24-6)81-25-7)75(98-108-105-95-72-44-39-60(54-72)49-66(72)113(82-26-8,83-27-9)84-28-10,99-109-106-96-73-45-40-61(55-73)50-67(73)114(85-29-11,86-30-12)87-31-13)100-110-107-97-74-46-41-62(56-74)51-68(74)115(88-32-14,89-33-15)90-34-16/h57-68H,19-56H2,1-18H3. The van der Waals surface area contributed by atoms with Gasteiger partial charge in [-0.1, -0.05) is 95.8 Å². The second-order valence-electron chi connectivity index (χ2n) is 32.6. The van der Waals surface area contributed by atoms with E-state index in [0.29, 0.717) is 135 Å². The largest absolute Gasteiger partial charge is 0.505 e. The summed E-state index contributed by atoms with van der Waals surface area (Å²) in [6, 6.07) is 0. The van der Waals surface area contributed by atoms with Crippen LogP contribution in [0.4, 0.5) is 0 Å². The zero-order valence-corrected chi connectivity index (χ0v) is 93.4. The van der Waals surface area contributed by atoms with E-state index < -0.39 is 52.2 Å². The molecule has 0 saturated heterocycles. The summed E-state index contributed by atoms with van der Waals surface area (Å²) in [6.07, 6.45) is 26.9. The van der Waals surface area contributed by atoms with Crippen LogP contribution in [0.2, 0.25) is 27.7 Å². The molecule has 0 aromatic rings. The molecule has 10 saturated carbocycles. The average molecular weight is 2070 g/mol. The van der Waals surface area contributed by atoms with Crippen molar-refractivity contribution in [3.05, 3.63) is 0 Å². The Bertz CT molecular complexity index is 2620. The quantitative estimate of drug-likeness (QED) is 0.0247. The molecule has 15 nitrogen and oxygen atoms in total. The molecule has 0 spiro atoms. The van der Waals surface area contributed by atoms with E-state index in [-0.39, 0.29) is 56.7 Å². The lowest BCUT2D eigenvalue weighted by Gasteiger charge is -2.49. The molecule has 10 aliphatic rings. The minimum atomic E-state index is -3.08. The first-order chi connectivity index (χ1) is 55.6. The summed E-state index contributed by atoms with van der Waals surface area (Å²) in [5, 5.41) is 0.208. The Labute approximate surface area is 779 Å². The smallest absolute Gasteiger partial charge is 0.374 e. The summed E-state index contributed by atoms with van der Waals surface area (Å²) in [5.74, 6) is 3.82. The lowest BCUT2D eigenvalue weighted by atomic mass is 9.96. The first kappa shape index (κ1) is 105. The highest BCUT2D eigenvalue weighted by Gasteiger charge is 2.72. The van der Waals surface area contributed by atoms with Crippen molar-refractivity contribution in [1.82, 2.24) is 0 Å². The fourth-order valence-electron chi connectivity index (χ4n) is 21.6. The molecule has 0 N–H and O–H groups in total. The Hall–Kier alpha value is 7.48. The topological polar surface area (TPSA) is 138 Å². The van der Waals surface area contributed by atoms with Crippen molar-refractivity contribution in [2.75, 3.05) is 99.1 Å². The van der Waals surface area contributed by atoms with Gasteiger partial charge in [-0.2, -0.15) is 0 Å². The van der Waals surface area contributed by atoms with E-state index >= 15 is 0 Å².